The lowest BCUT2D eigenvalue weighted by molar-refractivity contribution is -0.199. The van der Waals surface area contributed by atoms with Gasteiger partial charge in [-0.15, -0.1) is 0 Å². The molecule has 5 atom stereocenters. The van der Waals surface area contributed by atoms with Crippen molar-refractivity contribution in [3.63, 3.8) is 0 Å². The molecule has 1 saturated heterocycles. The van der Waals surface area contributed by atoms with Crippen LogP contribution in [0.25, 0.3) is 0 Å². The average molecular weight is 442 g/mol. The van der Waals surface area contributed by atoms with Crippen LogP contribution in [-0.4, -0.2) is 36.7 Å². The molecule has 0 amide bonds. The number of rotatable bonds is 4. The summed E-state index contributed by atoms with van der Waals surface area (Å²) in [4.78, 5) is 0.254. The van der Waals surface area contributed by atoms with E-state index in [4.69, 9.17) is 4.74 Å². The van der Waals surface area contributed by atoms with Crippen LogP contribution in [0.5, 0.6) is 0 Å². The largest absolute Gasteiger partial charge is 0.384 e. The maximum Gasteiger partial charge on any atom is 0.245 e. The van der Waals surface area contributed by atoms with Crippen molar-refractivity contribution in [3.05, 3.63) is 65.7 Å². The van der Waals surface area contributed by atoms with Crippen molar-refractivity contribution >= 4 is 10.0 Å². The SMILES string of the molecule is Cc1ccc(S(=O)(=O)N2[C@H]([C@H](O)c3ccccc3)OC[C@]34CC[C@H](C[C@@H]23)C4(C)C)cc1. The topological polar surface area (TPSA) is 66.8 Å². The maximum absolute atomic E-state index is 14.0. The molecule has 3 aliphatic rings. The quantitative estimate of drug-likeness (QED) is 0.769. The smallest absolute Gasteiger partial charge is 0.245 e. The molecule has 2 aromatic rings. The fourth-order valence-electron chi connectivity index (χ4n) is 6.39. The predicted octanol–water partition coefficient (Wildman–Crippen LogP) is 4.27. The van der Waals surface area contributed by atoms with Crippen LogP contribution in [0.4, 0.5) is 0 Å². The minimum Gasteiger partial charge on any atom is -0.384 e. The van der Waals surface area contributed by atoms with Gasteiger partial charge in [0.05, 0.1) is 11.5 Å². The van der Waals surface area contributed by atoms with Crippen molar-refractivity contribution < 1.29 is 18.3 Å². The minimum absolute atomic E-state index is 0.00137. The molecule has 3 fully saturated rings. The Balaban J connectivity index is 1.62. The highest BCUT2D eigenvalue weighted by Crippen LogP contribution is 2.69. The van der Waals surface area contributed by atoms with E-state index in [1.165, 1.54) is 4.31 Å². The van der Waals surface area contributed by atoms with E-state index in [1.807, 2.05) is 49.4 Å². The van der Waals surface area contributed by atoms with Crippen molar-refractivity contribution in [1.82, 2.24) is 4.31 Å². The molecule has 0 unspecified atom stereocenters. The van der Waals surface area contributed by atoms with Gasteiger partial charge in [-0.25, -0.2) is 8.42 Å². The van der Waals surface area contributed by atoms with Crippen LogP contribution < -0.4 is 0 Å². The van der Waals surface area contributed by atoms with Gasteiger partial charge in [-0.05, 0) is 55.2 Å². The van der Waals surface area contributed by atoms with Gasteiger partial charge >= 0.3 is 0 Å². The number of aryl methyl sites for hydroxylation is 1. The first-order valence-corrected chi connectivity index (χ1v) is 12.6. The molecule has 2 aromatic carbocycles. The second-order valence-electron chi connectivity index (χ2n) is 10.1. The summed E-state index contributed by atoms with van der Waals surface area (Å²) in [7, 11) is -3.86. The second kappa shape index (κ2) is 7.14. The number of aliphatic hydroxyl groups is 1. The Kier molecular flexibility index (Phi) is 4.87. The number of ether oxygens (including phenoxy) is 1. The molecule has 166 valence electrons. The normalized spacial score (nSPS) is 33.2. The van der Waals surface area contributed by atoms with Crippen molar-refractivity contribution in [3.8, 4) is 0 Å². The molecule has 1 spiro atoms. The first kappa shape index (κ1) is 21.1. The fraction of sp³-hybridized carbons (Fsp3) is 0.520. The van der Waals surface area contributed by atoms with Crippen LogP contribution in [0.3, 0.4) is 0 Å². The summed E-state index contributed by atoms with van der Waals surface area (Å²) >= 11 is 0. The zero-order chi connectivity index (χ0) is 22.0. The zero-order valence-corrected chi connectivity index (χ0v) is 19.2. The summed E-state index contributed by atoms with van der Waals surface area (Å²) in [5.74, 6) is 0.462. The highest BCUT2D eigenvalue weighted by atomic mass is 32.2. The van der Waals surface area contributed by atoms with Gasteiger partial charge in [-0.2, -0.15) is 4.31 Å². The van der Waals surface area contributed by atoms with Gasteiger partial charge in [-0.1, -0.05) is 61.9 Å². The van der Waals surface area contributed by atoms with Crippen LogP contribution in [0.1, 0.15) is 50.3 Å². The Labute approximate surface area is 185 Å². The van der Waals surface area contributed by atoms with E-state index >= 15 is 0 Å². The summed E-state index contributed by atoms with van der Waals surface area (Å²) in [5.41, 5.74) is 1.45. The Morgan fingerprint density at radius 1 is 1.10 bits per heavy atom. The lowest BCUT2D eigenvalue weighted by atomic mass is 9.67. The first-order chi connectivity index (χ1) is 14.7. The summed E-state index contributed by atoms with van der Waals surface area (Å²) < 4.78 is 35.8. The van der Waals surface area contributed by atoms with Gasteiger partial charge in [0.2, 0.25) is 10.0 Å². The predicted molar refractivity (Wildman–Crippen MR) is 119 cm³/mol. The standard InChI is InChI=1S/C25H31NO4S/c1-17-9-11-20(12-10-17)31(28,29)26-21-15-19-13-14-25(21,24(19,2)3)16-30-23(26)22(27)18-7-5-4-6-8-18/h4-12,19,21-23,27H,13-16H2,1-3H3/t19-,21-,22-,23+,25-/m1/s1. The zero-order valence-electron chi connectivity index (χ0n) is 18.4. The fourth-order valence-corrected chi connectivity index (χ4v) is 8.19. The van der Waals surface area contributed by atoms with E-state index < -0.39 is 22.4 Å². The number of hydrogen-bond donors (Lipinski definition) is 1. The van der Waals surface area contributed by atoms with Crippen molar-refractivity contribution in [2.45, 2.75) is 63.3 Å². The van der Waals surface area contributed by atoms with Crippen LogP contribution in [-0.2, 0) is 14.8 Å². The lowest BCUT2D eigenvalue weighted by Gasteiger charge is -2.53. The molecule has 0 aromatic heterocycles. The summed E-state index contributed by atoms with van der Waals surface area (Å²) in [5, 5.41) is 11.3. The van der Waals surface area contributed by atoms with Crippen molar-refractivity contribution in [2.75, 3.05) is 6.61 Å². The molecule has 5 nitrogen and oxygen atoms in total. The van der Waals surface area contributed by atoms with Gasteiger partial charge in [-0.3, -0.25) is 0 Å². The third-order valence-electron chi connectivity index (χ3n) is 8.47. The summed E-state index contributed by atoms with van der Waals surface area (Å²) in [6.07, 6.45) is 0.889. The van der Waals surface area contributed by atoms with E-state index in [2.05, 4.69) is 13.8 Å². The van der Waals surface area contributed by atoms with Crippen LogP contribution in [0.15, 0.2) is 59.5 Å². The van der Waals surface area contributed by atoms with Crippen molar-refractivity contribution in [2.24, 2.45) is 16.7 Å². The van der Waals surface area contributed by atoms with Gasteiger partial charge in [0.25, 0.3) is 0 Å². The average Bonchev–Trinajstić information content (AvgIpc) is 3.14. The molecule has 31 heavy (non-hydrogen) atoms. The molecule has 0 radical (unpaired) electrons. The van der Waals surface area contributed by atoms with E-state index in [0.29, 0.717) is 18.1 Å². The Bertz CT molecular complexity index is 1070. The van der Waals surface area contributed by atoms with E-state index in [-0.39, 0.29) is 21.8 Å². The molecular formula is C25H31NO4S. The number of nitrogens with zero attached hydrogens (tertiary/aromatic N) is 1. The van der Waals surface area contributed by atoms with E-state index in [0.717, 1.165) is 24.8 Å². The monoisotopic (exact) mass is 441 g/mol. The van der Waals surface area contributed by atoms with Gasteiger partial charge in [0, 0.05) is 11.5 Å². The second-order valence-corrected chi connectivity index (χ2v) is 11.9. The third kappa shape index (κ3) is 2.95. The molecule has 1 heterocycles. The number of hydrogen-bond acceptors (Lipinski definition) is 4. The molecule has 5 rings (SSSR count). The van der Waals surface area contributed by atoms with E-state index in [9.17, 15) is 13.5 Å². The lowest BCUT2D eigenvalue weighted by Crippen LogP contribution is -2.63. The molecule has 2 saturated carbocycles. The minimum atomic E-state index is -3.86. The Hall–Kier alpha value is -1.73. The Morgan fingerprint density at radius 3 is 2.42 bits per heavy atom. The number of fused-ring (bicyclic) bond motifs is 1. The van der Waals surface area contributed by atoms with Crippen molar-refractivity contribution in [1.29, 1.82) is 0 Å². The van der Waals surface area contributed by atoms with Gasteiger partial charge in [0.1, 0.15) is 6.10 Å². The van der Waals surface area contributed by atoms with Gasteiger partial charge < -0.3 is 9.84 Å². The molecule has 1 aliphatic heterocycles. The molecule has 2 aliphatic carbocycles. The Morgan fingerprint density at radius 2 is 1.77 bits per heavy atom. The molecular weight excluding hydrogens is 410 g/mol. The molecule has 6 heteroatoms. The first-order valence-electron chi connectivity index (χ1n) is 11.1. The van der Waals surface area contributed by atoms with Crippen LogP contribution in [0.2, 0.25) is 0 Å². The number of benzene rings is 2. The van der Waals surface area contributed by atoms with Crippen LogP contribution in [0, 0.1) is 23.7 Å². The maximum atomic E-state index is 14.0. The van der Waals surface area contributed by atoms with E-state index in [1.54, 1.807) is 12.1 Å². The molecule has 1 N–H and O–H groups in total. The summed E-state index contributed by atoms with van der Waals surface area (Å²) in [6.45, 7) is 6.95. The van der Waals surface area contributed by atoms with Crippen LogP contribution >= 0.6 is 0 Å². The highest BCUT2D eigenvalue weighted by Gasteiger charge is 2.69. The third-order valence-corrected chi connectivity index (χ3v) is 10.4. The summed E-state index contributed by atoms with van der Waals surface area (Å²) in [6, 6.07) is 16.0. The highest BCUT2D eigenvalue weighted by molar-refractivity contribution is 7.89. The number of sulfonamides is 1. The van der Waals surface area contributed by atoms with Gasteiger partial charge in [0.15, 0.2) is 6.23 Å². The molecule has 2 bridgehead atoms. The number of aliphatic hydroxyl groups excluding tert-OH is 1.